The van der Waals surface area contributed by atoms with Crippen LogP contribution in [0.1, 0.15) is 28.3 Å². The number of aromatic nitrogens is 4. The van der Waals surface area contributed by atoms with Crippen molar-refractivity contribution in [2.45, 2.75) is 20.4 Å². The minimum absolute atomic E-state index is 0.116. The minimum atomic E-state index is -2.71. The van der Waals surface area contributed by atoms with E-state index in [4.69, 9.17) is 0 Å². The van der Waals surface area contributed by atoms with Crippen molar-refractivity contribution < 1.29 is 13.6 Å². The van der Waals surface area contributed by atoms with Gasteiger partial charge in [-0.1, -0.05) is 41.7 Å². The molecule has 9 heteroatoms. The molecular formula is C21H17F2N5OS. The number of alkyl halides is 2. The SMILES string of the molecule is Cc1nc(-c2ccccc2)ccc1C(=O)Nc1nc(C)c(-c2nccn2C(F)F)s1. The van der Waals surface area contributed by atoms with Crippen molar-refractivity contribution in [3.63, 3.8) is 0 Å². The molecule has 0 saturated heterocycles. The Hall–Kier alpha value is -3.46. The summed E-state index contributed by atoms with van der Waals surface area (Å²) in [6.45, 7) is 0.742. The lowest BCUT2D eigenvalue weighted by Gasteiger charge is -2.07. The van der Waals surface area contributed by atoms with Crippen LogP contribution in [-0.4, -0.2) is 25.4 Å². The van der Waals surface area contributed by atoms with Crippen LogP contribution < -0.4 is 5.32 Å². The number of anilines is 1. The highest BCUT2D eigenvalue weighted by Gasteiger charge is 2.20. The van der Waals surface area contributed by atoms with E-state index in [0.29, 0.717) is 27.0 Å². The molecule has 3 heterocycles. The maximum atomic E-state index is 13.1. The third-order valence-electron chi connectivity index (χ3n) is 4.50. The van der Waals surface area contributed by atoms with Crippen molar-refractivity contribution in [1.82, 2.24) is 19.5 Å². The van der Waals surface area contributed by atoms with Gasteiger partial charge in [-0.3, -0.25) is 19.7 Å². The fraction of sp³-hybridized carbons (Fsp3) is 0.143. The summed E-state index contributed by atoms with van der Waals surface area (Å²) in [5.41, 5.74) is 3.24. The van der Waals surface area contributed by atoms with E-state index in [1.165, 1.54) is 12.4 Å². The summed E-state index contributed by atoms with van der Waals surface area (Å²) >= 11 is 1.10. The number of aryl methyl sites for hydroxylation is 2. The van der Waals surface area contributed by atoms with Gasteiger partial charge in [-0.05, 0) is 26.0 Å². The second-order valence-electron chi connectivity index (χ2n) is 6.52. The number of carbonyl (C=O) groups is 1. The molecule has 1 aromatic carbocycles. The summed E-state index contributed by atoms with van der Waals surface area (Å²) in [4.78, 5) is 26.0. The first kappa shape index (κ1) is 19.8. The Morgan fingerprint density at radius 3 is 2.53 bits per heavy atom. The maximum Gasteiger partial charge on any atom is 0.320 e. The Balaban J connectivity index is 1.57. The van der Waals surface area contributed by atoms with Gasteiger partial charge >= 0.3 is 6.55 Å². The number of hydrogen-bond donors (Lipinski definition) is 1. The number of imidazole rings is 1. The Morgan fingerprint density at radius 2 is 1.83 bits per heavy atom. The zero-order valence-corrected chi connectivity index (χ0v) is 17.0. The van der Waals surface area contributed by atoms with Crippen LogP contribution in [0.15, 0.2) is 54.9 Å². The molecule has 0 spiro atoms. The molecule has 0 unspecified atom stereocenters. The zero-order chi connectivity index (χ0) is 21.3. The smallest absolute Gasteiger partial charge is 0.298 e. The normalized spacial score (nSPS) is 11.1. The summed E-state index contributed by atoms with van der Waals surface area (Å²) in [6, 6.07) is 13.2. The summed E-state index contributed by atoms with van der Waals surface area (Å²) in [6.07, 6.45) is 2.52. The van der Waals surface area contributed by atoms with Crippen molar-refractivity contribution in [1.29, 1.82) is 0 Å². The van der Waals surface area contributed by atoms with Crippen LogP contribution in [-0.2, 0) is 0 Å². The van der Waals surface area contributed by atoms with Crippen LogP contribution in [0.3, 0.4) is 0 Å². The number of halogens is 2. The number of benzene rings is 1. The topological polar surface area (TPSA) is 72.7 Å². The average molecular weight is 425 g/mol. The van der Waals surface area contributed by atoms with Crippen LogP contribution in [0.2, 0.25) is 0 Å². The van der Waals surface area contributed by atoms with Crippen LogP contribution in [0.4, 0.5) is 13.9 Å². The van der Waals surface area contributed by atoms with E-state index < -0.39 is 6.55 Å². The molecule has 1 N–H and O–H groups in total. The summed E-state index contributed by atoms with van der Waals surface area (Å²) in [5.74, 6) is -0.248. The molecule has 0 aliphatic carbocycles. The Morgan fingerprint density at radius 1 is 1.07 bits per heavy atom. The lowest BCUT2D eigenvalue weighted by molar-refractivity contribution is 0.0720. The van der Waals surface area contributed by atoms with Crippen molar-refractivity contribution in [3.8, 4) is 22.0 Å². The second-order valence-corrected chi connectivity index (χ2v) is 7.52. The van der Waals surface area contributed by atoms with Crippen molar-refractivity contribution in [3.05, 3.63) is 71.8 Å². The Bertz CT molecular complexity index is 1200. The van der Waals surface area contributed by atoms with Gasteiger partial charge in [0.2, 0.25) is 0 Å². The highest BCUT2D eigenvalue weighted by Crippen LogP contribution is 2.33. The molecular weight excluding hydrogens is 408 g/mol. The first-order chi connectivity index (χ1) is 14.4. The van der Waals surface area contributed by atoms with E-state index in [0.717, 1.165) is 27.2 Å². The molecule has 0 fully saturated rings. The van der Waals surface area contributed by atoms with Gasteiger partial charge in [-0.2, -0.15) is 8.78 Å². The largest absolute Gasteiger partial charge is 0.320 e. The fourth-order valence-corrected chi connectivity index (χ4v) is 4.00. The van der Waals surface area contributed by atoms with Gasteiger partial charge in [0.15, 0.2) is 11.0 Å². The molecule has 0 aliphatic rings. The van der Waals surface area contributed by atoms with Gasteiger partial charge in [0.05, 0.1) is 27.5 Å². The molecule has 6 nitrogen and oxygen atoms in total. The Kier molecular flexibility index (Phi) is 5.37. The maximum absolute atomic E-state index is 13.1. The van der Waals surface area contributed by atoms with Gasteiger partial charge in [0.25, 0.3) is 5.91 Å². The first-order valence-electron chi connectivity index (χ1n) is 9.07. The predicted octanol–water partition coefficient (Wildman–Crippen LogP) is 5.33. The molecule has 0 saturated carbocycles. The molecule has 0 bridgehead atoms. The van der Waals surface area contributed by atoms with Gasteiger partial charge in [0.1, 0.15) is 0 Å². The van der Waals surface area contributed by atoms with Crippen molar-refractivity contribution in [2.24, 2.45) is 0 Å². The van der Waals surface area contributed by atoms with Crippen LogP contribution in [0, 0.1) is 13.8 Å². The highest BCUT2D eigenvalue weighted by atomic mass is 32.1. The molecule has 4 aromatic rings. The molecule has 1 amide bonds. The first-order valence-corrected chi connectivity index (χ1v) is 9.89. The summed E-state index contributed by atoms with van der Waals surface area (Å²) < 4.78 is 27.1. The number of nitrogens with zero attached hydrogens (tertiary/aromatic N) is 4. The number of carbonyl (C=O) groups excluding carboxylic acids is 1. The number of amides is 1. The third kappa shape index (κ3) is 3.84. The van der Waals surface area contributed by atoms with Crippen molar-refractivity contribution in [2.75, 3.05) is 5.32 Å². The molecule has 4 rings (SSSR count). The quantitative estimate of drug-likeness (QED) is 0.469. The number of nitrogens with one attached hydrogen (secondary N) is 1. The number of thiazole rings is 1. The van der Waals surface area contributed by atoms with Gasteiger partial charge in [-0.15, -0.1) is 0 Å². The third-order valence-corrected chi connectivity index (χ3v) is 5.57. The number of pyridine rings is 1. The van der Waals surface area contributed by atoms with E-state index in [2.05, 4.69) is 20.3 Å². The van der Waals surface area contributed by atoms with Crippen LogP contribution >= 0.6 is 11.3 Å². The fourth-order valence-electron chi connectivity index (χ4n) is 3.04. The molecule has 0 radical (unpaired) electrons. The summed E-state index contributed by atoms with van der Waals surface area (Å²) in [7, 11) is 0. The molecule has 0 atom stereocenters. The lowest BCUT2D eigenvalue weighted by atomic mass is 10.1. The summed E-state index contributed by atoms with van der Waals surface area (Å²) in [5, 5.41) is 3.04. The van der Waals surface area contributed by atoms with E-state index in [9.17, 15) is 13.6 Å². The van der Waals surface area contributed by atoms with Gasteiger partial charge in [-0.25, -0.2) is 9.97 Å². The molecule has 152 valence electrons. The standard InChI is InChI=1S/C21H17F2N5OS/c1-12-15(8-9-16(25-12)14-6-4-3-5-7-14)19(29)27-21-26-13(2)17(30-21)18-24-10-11-28(18)20(22)23/h3-11,20H,1-2H3,(H,26,27,29). The zero-order valence-electron chi connectivity index (χ0n) is 16.1. The lowest BCUT2D eigenvalue weighted by Crippen LogP contribution is -2.14. The van der Waals surface area contributed by atoms with Crippen LogP contribution in [0.5, 0.6) is 0 Å². The molecule has 30 heavy (non-hydrogen) atoms. The van der Waals surface area contributed by atoms with E-state index >= 15 is 0 Å². The highest BCUT2D eigenvalue weighted by molar-refractivity contribution is 7.19. The van der Waals surface area contributed by atoms with Crippen molar-refractivity contribution >= 4 is 22.4 Å². The van der Waals surface area contributed by atoms with Crippen LogP contribution in [0.25, 0.3) is 22.0 Å². The Labute approximate surface area is 175 Å². The van der Waals surface area contributed by atoms with E-state index in [-0.39, 0.29) is 11.7 Å². The number of hydrogen-bond acceptors (Lipinski definition) is 5. The monoisotopic (exact) mass is 425 g/mol. The predicted molar refractivity (Wildman–Crippen MR) is 112 cm³/mol. The van der Waals surface area contributed by atoms with E-state index in [1.807, 2.05) is 30.3 Å². The van der Waals surface area contributed by atoms with Gasteiger partial charge < -0.3 is 0 Å². The average Bonchev–Trinajstić information content (AvgIpc) is 3.35. The van der Waals surface area contributed by atoms with Gasteiger partial charge in [0, 0.05) is 18.0 Å². The second kappa shape index (κ2) is 8.11. The minimum Gasteiger partial charge on any atom is -0.298 e. The molecule has 0 aliphatic heterocycles. The van der Waals surface area contributed by atoms with E-state index in [1.54, 1.807) is 26.0 Å². The number of rotatable bonds is 5. The molecule has 3 aromatic heterocycles.